The lowest BCUT2D eigenvalue weighted by atomic mass is 9.92. The summed E-state index contributed by atoms with van der Waals surface area (Å²) >= 11 is 0. The molecular weight excluding hydrogens is 216 g/mol. The van der Waals surface area contributed by atoms with Crippen LogP contribution in [0.1, 0.15) is 31.2 Å². The van der Waals surface area contributed by atoms with E-state index in [0.29, 0.717) is 6.42 Å². The second-order valence-corrected chi connectivity index (χ2v) is 4.41. The van der Waals surface area contributed by atoms with Gasteiger partial charge in [-0.15, -0.1) is 0 Å². The molecule has 0 spiro atoms. The third-order valence-electron chi connectivity index (χ3n) is 3.20. The van der Waals surface area contributed by atoms with Crippen molar-refractivity contribution in [3.63, 3.8) is 0 Å². The van der Waals surface area contributed by atoms with Crippen LogP contribution in [0.3, 0.4) is 0 Å². The molecule has 3 nitrogen and oxygen atoms in total. The van der Waals surface area contributed by atoms with Gasteiger partial charge in [0.1, 0.15) is 0 Å². The van der Waals surface area contributed by atoms with E-state index in [-0.39, 0.29) is 12.6 Å². The number of benzene rings is 1. The van der Waals surface area contributed by atoms with Gasteiger partial charge in [-0.1, -0.05) is 6.07 Å². The molecule has 17 heavy (non-hydrogen) atoms. The molecule has 0 radical (unpaired) electrons. The zero-order chi connectivity index (χ0) is 11.7. The largest absolute Gasteiger partial charge is 0.454 e. The highest BCUT2D eigenvalue weighted by molar-refractivity contribution is 6.00. The van der Waals surface area contributed by atoms with Crippen LogP contribution in [0.4, 0.5) is 0 Å². The minimum absolute atomic E-state index is 0.286. The molecule has 0 saturated heterocycles. The molecule has 0 unspecified atom stereocenters. The molecule has 2 aliphatic rings. The van der Waals surface area contributed by atoms with Gasteiger partial charge in [-0.2, -0.15) is 0 Å². The van der Waals surface area contributed by atoms with Crippen LogP contribution in [0.25, 0.3) is 6.08 Å². The highest BCUT2D eigenvalue weighted by atomic mass is 16.7. The molecule has 1 fully saturated rings. The monoisotopic (exact) mass is 230 g/mol. The van der Waals surface area contributed by atoms with Gasteiger partial charge >= 0.3 is 0 Å². The molecule has 1 aliphatic heterocycles. The smallest absolute Gasteiger partial charge is 0.231 e. The number of ketones is 1. The number of ether oxygens (including phenoxy) is 2. The van der Waals surface area contributed by atoms with Crippen molar-refractivity contribution in [1.82, 2.24) is 0 Å². The van der Waals surface area contributed by atoms with Gasteiger partial charge in [0.05, 0.1) is 0 Å². The van der Waals surface area contributed by atoms with Gasteiger partial charge in [0.25, 0.3) is 0 Å². The molecule has 1 aromatic rings. The maximum absolute atomic E-state index is 11.7. The predicted octanol–water partition coefficient (Wildman–Crippen LogP) is 2.94. The SMILES string of the molecule is O=C1CCCC/C1=C/c1ccc2c(c1)OCO2. The zero-order valence-electron chi connectivity index (χ0n) is 9.57. The summed E-state index contributed by atoms with van der Waals surface area (Å²) in [6.45, 7) is 0.286. The zero-order valence-corrected chi connectivity index (χ0v) is 9.57. The molecule has 0 bridgehead atoms. The fourth-order valence-electron chi connectivity index (χ4n) is 2.26. The summed E-state index contributed by atoms with van der Waals surface area (Å²) in [5, 5.41) is 0. The number of hydrogen-bond donors (Lipinski definition) is 0. The van der Waals surface area contributed by atoms with Crippen molar-refractivity contribution in [3.05, 3.63) is 29.3 Å². The minimum atomic E-state index is 0.286. The molecule has 0 atom stereocenters. The van der Waals surface area contributed by atoms with Crippen LogP contribution in [-0.2, 0) is 4.79 Å². The van der Waals surface area contributed by atoms with Gasteiger partial charge in [-0.05, 0) is 48.6 Å². The van der Waals surface area contributed by atoms with Crippen LogP contribution in [0, 0.1) is 0 Å². The molecule has 3 heteroatoms. The molecule has 3 rings (SSSR count). The van der Waals surface area contributed by atoms with Crippen molar-refractivity contribution in [2.45, 2.75) is 25.7 Å². The van der Waals surface area contributed by atoms with Crippen molar-refractivity contribution in [2.24, 2.45) is 0 Å². The van der Waals surface area contributed by atoms with E-state index in [1.165, 1.54) is 0 Å². The Balaban J connectivity index is 1.89. The fourth-order valence-corrected chi connectivity index (χ4v) is 2.26. The first-order chi connectivity index (χ1) is 8.33. The van der Waals surface area contributed by atoms with E-state index < -0.39 is 0 Å². The van der Waals surface area contributed by atoms with E-state index in [4.69, 9.17) is 9.47 Å². The summed E-state index contributed by atoms with van der Waals surface area (Å²) in [6, 6.07) is 5.78. The highest BCUT2D eigenvalue weighted by Gasteiger charge is 2.16. The van der Waals surface area contributed by atoms with Crippen molar-refractivity contribution in [1.29, 1.82) is 0 Å². The van der Waals surface area contributed by atoms with Gasteiger partial charge < -0.3 is 9.47 Å². The van der Waals surface area contributed by atoms with Crippen LogP contribution in [0.5, 0.6) is 11.5 Å². The Kier molecular flexibility index (Phi) is 2.59. The Labute approximate surface area is 100 Å². The minimum Gasteiger partial charge on any atom is -0.454 e. The average Bonchev–Trinajstić information content (AvgIpc) is 2.79. The summed E-state index contributed by atoms with van der Waals surface area (Å²) in [6.07, 6.45) is 5.70. The topological polar surface area (TPSA) is 35.5 Å². The van der Waals surface area contributed by atoms with Gasteiger partial charge in [0, 0.05) is 6.42 Å². The third kappa shape index (κ3) is 2.05. The second-order valence-electron chi connectivity index (χ2n) is 4.41. The van der Waals surface area contributed by atoms with Gasteiger partial charge in [-0.25, -0.2) is 0 Å². The van der Waals surface area contributed by atoms with E-state index in [0.717, 1.165) is 41.9 Å². The molecule has 0 aromatic heterocycles. The van der Waals surface area contributed by atoms with Crippen molar-refractivity contribution in [2.75, 3.05) is 6.79 Å². The Morgan fingerprint density at radius 3 is 2.76 bits per heavy atom. The molecule has 1 aliphatic carbocycles. The number of hydrogen-bond acceptors (Lipinski definition) is 3. The summed E-state index contributed by atoms with van der Waals surface area (Å²) in [5.41, 5.74) is 1.95. The molecule has 88 valence electrons. The first-order valence-electron chi connectivity index (χ1n) is 5.96. The summed E-state index contributed by atoms with van der Waals surface area (Å²) in [5.74, 6) is 1.83. The Hall–Kier alpha value is -1.77. The lowest BCUT2D eigenvalue weighted by molar-refractivity contribution is -0.116. The number of carbonyl (C=O) groups excluding carboxylic acids is 1. The van der Waals surface area contributed by atoms with Crippen LogP contribution >= 0.6 is 0 Å². The average molecular weight is 230 g/mol. The first-order valence-corrected chi connectivity index (χ1v) is 5.96. The first kappa shape index (κ1) is 10.4. The Morgan fingerprint density at radius 2 is 1.88 bits per heavy atom. The lowest BCUT2D eigenvalue weighted by Crippen LogP contribution is -2.07. The number of Topliss-reactive ketones (excluding diaryl/α,β-unsaturated/α-hetero) is 1. The second kappa shape index (κ2) is 4.24. The Bertz CT molecular complexity index is 488. The summed E-state index contributed by atoms with van der Waals surface area (Å²) < 4.78 is 10.6. The summed E-state index contributed by atoms with van der Waals surface area (Å²) in [7, 11) is 0. The van der Waals surface area contributed by atoms with E-state index in [9.17, 15) is 4.79 Å². The van der Waals surface area contributed by atoms with Crippen LogP contribution in [0.2, 0.25) is 0 Å². The van der Waals surface area contributed by atoms with Gasteiger partial charge in [0.15, 0.2) is 17.3 Å². The van der Waals surface area contributed by atoms with Crippen LogP contribution < -0.4 is 9.47 Å². The maximum Gasteiger partial charge on any atom is 0.231 e. The molecule has 0 amide bonds. The van der Waals surface area contributed by atoms with Crippen molar-refractivity contribution >= 4 is 11.9 Å². The van der Waals surface area contributed by atoms with Crippen LogP contribution in [0.15, 0.2) is 23.8 Å². The lowest BCUT2D eigenvalue weighted by Gasteiger charge is -2.12. The van der Waals surface area contributed by atoms with Gasteiger partial charge in [-0.3, -0.25) is 4.79 Å². The molecule has 1 aromatic carbocycles. The van der Waals surface area contributed by atoms with Crippen molar-refractivity contribution < 1.29 is 14.3 Å². The third-order valence-corrected chi connectivity index (χ3v) is 3.20. The quantitative estimate of drug-likeness (QED) is 0.696. The fraction of sp³-hybridized carbons (Fsp3) is 0.357. The van der Waals surface area contributed by atoms with Gasteiger partial charge in [0.2, 0.25) is 6.79 Å². The number of rotatable bonds is 1. The number of carbonyl (C=O) groups is 1. The molecule has 0 N–H and O–H groups in total. The number of fused-ring (bicyclic) bond motifs is 1. The summed E-state index contributed by atoms with van der Waals surface area (Å²) in [4.78, 5) is 11.7. The number of allylic oxidation sites excluding steroid dienone is 1. The van der Waals surface area contributed by atoms with E-state index in [2.05, 4.69) is 0 Å². The van der Waals surface area contributed by atoms with E-state index in [1.54, 1.807) is 0 Å². The maximum atomic E-state index is 11.7. The van der Waals surface area contributed by atoms with Crippen LogP contribution in [-0.4, -0.2) is 12.6 Å². The normalized spacial score (nSPS) is 20.9. The molecule has 1 heterocycles. The molecule has 1 saturated carbocycles. The molecular formula is C14H14O3. The Morgan fingerprint density at radius 1 is 1.06 bits per heavy atom. The van der Waals surface area contributed by atoms with Crippen molar-refractivity contribution in [3.8, 4) is 11.5 Å². The van der Waals surface area contributed by atoms with E-state index >= 15 is 0 Å². The standard InChI is InChI=1S/C14H14O3/c15-12-4-2-1-3-11(12)7-10-5-6-13-14(8-10)17-9-16-13/h5-8H,1-4,9H2/b11-7-. The predicted molar refractivity (Wildman–Crippen MR) is 64.0 cm³/mol. The van der Waals surface area contributed by atoms with E-state index in [1.807, 2.05) is 24.3 Å². The highest BCUT2D eigenvalue weighted by Crippen LogP contribution is 2.33.